The van der Waals surface area contributed by atoms with E-state index in [1.54, 1.807) is 0 Å². The Morgan fingerprint density at radius 3 is 2.37 bits per heavy atom. The molecule has 2 fully saturated rings. The van der Waals surface area contributed by atoms with Gasteiger partial charge in [-0.3, -0.25) is 19.7 Å². The van der Waals surface area contributed by atoms with Crippen LogP contribution in [0.3, 0.4) is 0 Å². The Kier molecular flexibility index (Phi) is 6.21. The van der Waals surface area contributed by atoms with E-state index in [0.29, 0.717) is 19.4 Å². The summed E-state index contributed by atoms with van der Waals surface area (Å²) in [5.41, 5.74) is 0.906. The van der Waals surface area contributed by atoms with E-state index in [1.165, 1.54) is 0 Å². The number of urea groups is 1. The van der Waals surface area contributed by atoms with Crippen molar-refractivity contribution in [3.8, 4) is 0 Å². The maximum atomic E-state index is 12.2. The molecule has 2 unspecified atom stereocenters. The largest absolute Gasteiger partial charge is 0.455 e. The van der Waals surface area contributed by atoms with Gasteiger partial charge in [-0.15, -0.1) is 0 Å². The number of rotatable bonds is 5. The first-order valence-electron chi connectivity index (χ1n) is 9.35. The van der Waals surface area contributed by atoms with E-state index in [9.17, 15) is 19.2 Å². The Morgan fingerprint density at radius 2 is 1.70 bits per heavy atom. The number of nitrogens with one attached hydrogen (secondary N) is 2. The number of ether oxygens (including phenoxy) is 1. The first-order chi connectivity index (χ1) is 13.0. The van der Waals surface area contributed by atoms with E-state index in [-0.39, 0.29) is 23.5 Å². The average Bonchev–Trinajstić information content (AvgIpc) is 2.65. The molecule has 0 heterocycles. The minimum atomic E-state index is -0.680. The van der Waals surface area contributed by atoms with Gasteiger partial charge in [-0.05, 0) is 31.2 Å². The number of benzene rings is 1. The number of hydrogen-bond donors (Lipinski definition) is 2. The predicted molar refractivity (Wildman–Crippen MR) is 96.3 cm³/mol. The molecular weight excluding hydrogens is 348 g/mol. The zero-order chi connectivity index (χ0) is 19.2. The van der Waals surface area contributed by atoms with Crippen molar-refractivity contribution in [2.45, 2.75) is 38.6 Å². The minimum Gasteiger partial charge on any atom is -0.455 e. The maximum absolute atomic E-state index is 12.2. The van der Waals surface area contributed by atoms with Gasteiger partial charge in [-0.2, -0.15) is 0 Å². The van der Waals surface area contributed by atoms with Gasteiger partial charge in [-0.1, -0.05) is 36.8 Å². The third kappa shape index (κ3) is 5.15. The predicted octanol–water partition coefficient (Wildman–Crippen LogP) is 1.95. The fourth-order valence-corrected chi connectivity index (χ4v) is 3.91. The molecule has 2 N–H and O–H groups in total. The van der Waals surface area contributed by atoms with Crippen LogP contribution in [0, 0.1) is 17.8 Å². The molecule has 27 heavy (non-hydrogen) atoms. The summed E-state index contributed by atoms with van der Waals surface area (Å²) >= 11 is 0. The second kappa shape index (κ2) is 8.79. The third-order valence-electron chi connectivity index (χ3n) is 5.28. The Morgan fingerprint density at radius 1 is 1.04 bits per heavy atom. The number of imide groups is 1. The molecule has 7 heteroatoms. The van der Waals surface area contributed by atoms with E-state index in [0.717, 1.165) is 24.8 Å². The molecule has 0 aliphatic heterocycles. The van der Waals surface area contributed by atoms with Gasteiger partial charge in [-0.25, -0.2) is 4.79 Å². The van der Waals surface area contributed by atoms with Crippen molar-refractivity contribution in [3.05, 3.63) is 35.9 Å². The van der Waals surface area contributed by atoms with E-state index in [2.05, 4.69) is 10.6 Å². The van der Waals surface area contributed by atoms with Crippen molar-refractivity contribution in [2.75, 3.05) is 6.61 Å². The lowest BCUT2D eigenvalue weighted by molar-refractivity contribution is -0.156. The number of amides is 3. The maximum Gasteiger partial charge on any atom is 0.321 e. The van der Waals surface area contributed by atoms with Crippen LogP contribution in [0.25, 0.3) is 0 Å². The van der Waals surface area contributed by atoms with Crippen molar-refractivity contribution in [2.24, 2.45) is 17.8 Å². The van der Waals surface area contributed by atoms with Crippen molar-refractivity contribution < 1.29 is 23.9 Å². The number of hydrogen-bond acceptors (Lipinski definition) is 5. The molecule has 2 aliphatic rings. The summed E-state index contributed by atoms with van der Waals surface area (Å²) in [6.07, 6.45) is 3.71. The van der Waals surface area contributed by atoms with Gasteiger partial charge in [0.15, 0.2) is 6.61 Å². The van der Waals surface area contributed by atoms with Crippen LogP contribution in [0.2, 0.25) is 0 Å². The molecule has 1 aromatic rings. The molecule has 3 rings (SSSR count). The SMILES string of the molecule is O=C(COC(=O)C1CC2CCCC(C1)C2=O)NC(=O)NCc1ccccc1. The highest BCUT2D eigenvalue weighted by molar-refractivity contribution is 5.95. The summed E-state index contributed by atoms with van der Waals surface area (Å²) in [6.45, 7) is -0.212. The molecule has 2 bridgehead atoms. The smallest absolute Gasteiger partial charge is 0.321 e. The minimum absolute atomic E-state index is 0.0485. The van der Waals surface area contributed by atoms with Gasteiger partial charge < -0.3 is 10.1 Å². The summed E-state index contributed by atoms with van der Waals surface area (Å²) < 4.78 is 5.07. The molecule has 0 aromatic heterocycles. The van der Waals surface area contributed by atoms with Gasteiger partial charge in [0.2, 0.25) is 0 Å². The Hall–Kier alpha value is -2.70. The number of fused-ring (bicyclic) bond motifs is 2. The van der Waals surface area contributed by atoms with E-state index in [1.807, 2.05) is 30.3 Å². The van der Waals surface area contributed by atoms with Crippen LogP contribution in [0.4, 0.5) is 4.79 Å². The molecule has 3 amide bonds. The zero-order valence-corrected chi connectivity index (χ0v) is 15.1. The van der Waals surface area contributed by atoms with Crippen LogP contribution in [-0.4, -0.2) is 30.3 Å². The number of esters is 1. The normalized spacial score (nSPS) is 24.0. The fraction of sp³-hybridized carbons (Fsp3) is 0.500. The Labute approximate surface area is 157 Å². The van der Waals surface area contributed by atoms with Crippen molar-refractivity contribution in [3.63, 3.8) is 0 Å². The summed E-state index contributed by atoms with van der Waals surface area (Å²) in [4.78, 5) is 47.8. The topological polar surface area (TPSA) is 102 Å². The monoisotopic (exact) mass is 372 g/mol. The first kappa shape index (κ1) is 19.1. The first-order valence-corrected chi connectivity index (χ1v) is 9.35. The molecule has 0 spiro atoms. The highest BCUT2D eigenvalue weighted by atomic mass is 16.5. The van der Waals surface area contributed by atoms with Gasteiger partial charge in [0.25, 0.3) is 5.91 Å². The van der Waals surface area contributed by atoms with Crippen LogP contribution in [0.5, 0.6) is 0 Å². The molecule has 144 valence electrons. The van der Waals surface area contributed by atoms with Crippen molar-refractivity contribution in [1.29, 1.82) is 0 Å². The Balaban J connectivity index is 1.38. The fourth-order valence-electron chi connectivity index (χ4n) is 3.91. The lowest BCUT2D eigenvalue weighted by atomic mass is 9.67. The summed E-state index contributed by atoms with van der Waals surface area (Å²) in [5, 5.41) is 4.70. The zero-order valence-electron chi connectivity index (χ0n) is 15.1. The molecule has 0 saturated heterocycles. The standard InChI is InChI=1S/C20H24N2O5/c23-17(22-20(26)21-11-13-5-2-1-3-6-13)12-27-19(25)16-9-14-7-4-8-15(10-16)18(14)24/h1-3,5-6,14-16H,4,7-12H2,(H2,21,22,23,26). The highest BCUT2D eigenvalue weighted by Crippen LogP contribution is 2.40. The van der Waals surface area contributed by atoms with Gasteiger partial charge in [0, 0.05) is 18.4 Å². The van der Waals surface area contributed by atoms with E-state index < -0.39 is 24.5 Å². The number of Topliss-reactive ketones (excluding diaryl/α,β-unsaturated/α-hetero) is 1. The third-order valence-corrected chi connectivity index (χ3v) is 5.28. The van der Waals surface area contributed by atoms with Crippen LogP contribution in [0.15, 0.2) is 30.3 Å². The second-order valence-corrected chi connectivity index (χ2v) is 7.22. The van der Waals surface area contributed by atoms with Crippen LogP contribution in [0.1, 0.15) is 37.7 Å². The molecule has 2 saturated carbocycles. The molecule has 2 aliphatic carbocycles. The highest BCUT2D eigenvalue weighted by Gasteiger charge is 2.41. The summed E-state index contributed by atoms with van der Waals surface area (Å²) in [5.74, 6) is -1.30. The molecule has 1 aromatic carbocycles. The van der Waals surface area contributed by atoms with Crippen LogP contribution in [-0.2, 0) is 25.7 Å². The average molecular weight is 372 g/mol. The number of carbonyl (C=O) groups is 4. The summed E-state index contributed by atoms with van der Waals surface area (Å²) in [7, 11) is 0. The van der Waals surface area contributed by atoms with Crippen molar-refractivity contribution in [1.82, 2.24) is 10.6 Å². The Bertz CT molecular complexity index is 702. The van der Waals surface area contributed by atoms with E-state index in [4.69, 9.17) is 4.74 Å². The summed E-state index contributed by atoms with van der Waals surface area (Å²) in [6, 6.07) is 8.65. The number of ketones is 1. The van der Waals surface area contributed by atoms with Crippen LogP contribution < -0.4 is 10.6 Å². The van der Waals surface area contributed by atoms with E-state index >= 15 is 0 Å². The van der Waals surface area contributed by atoms with Gasteiger partial charge in [0.1, 0.15) is 5.78 Å². The lowest BCUT2D eigenvalue weighted by Gasteiger charge is -2.36. The lowest BCUT2D eigenvalue weighted by Crippen LogP contribution is -2.42. The second-order valence-electron chi connectivity index (χ2n) is 7.22. The van der Waals surface area contributed by atoms with Crippen LogP contribution >= 0.6 is 0 Å². The molecule has 0 radical (unpaired) electrons. The molecule has 2 atom stereocenters. The van der Waals surface area contributed by atoms with Gasteiger partial charge >= 0.3 is 12.0 Å². The molecular formula is C20H24N2O5. The van der Waals surface area contributed by atoms with Gasteiger partial charge in [0.05, 0.1) is 5.92 Å². The molecule has 7 nitrogen and oxygen atoms in total. The number of carbonyl (C=O) groups excluding carboxylic acids is 4. The quantitative estimate of drug-likeness (QED) is 0.769. The van der Waals surface area contributed by atoms with Crippen molar-refractivity contribution >= 4 is 23.7 Å².